The number of nitrogens with zero attached hydrogens (tertiary/aromatic N) is 3. The highest BCUT2D eigenvalue weighted by molar-refractivity contribution is 7.09. The number of Topliss-reactive ketones (excluding diaryl/α,β-unsaturated/α-hetero) is 1. The molecular formula is C10H9N3O2S. The number of carbonyl (C=O) groups excluding carboxylic acids is 1. The topological polar surface area (TPSA) is 65.0 Å². The Morgan fingerprint density at radius 3 is 2.88 bits per heavy atom. The van der Waals surface area contributed by atoms with Gasteiger partial charge in [0.05, 0.1) is 12.6 Å². The summed E-state index contributed by atoms with van der Waals surface area (Å²) in [4.78, 5) is 16.6. The van der Waals surface area contributed by atoms with Crippen molar-refractivity contribution in [3.05, 3.63) is 34.4 Å². The van der Waals surface area contributed by atoms with E-state index in [1.54, 1.807) is 23.8 Å². The molecule has 16 heavy (non-hydrogen) atoms. The largest absolute Gasteiger partial charge is 0.480 e. The fourth-order valence-corrected chi connectivity index (χ4v) is 1.75. The van der Waals surface area contributed by atoms with Crippen LogP contribution in [0.25, 0.3) is 0 Å². The van der Waals surface area contributed by atoms with Gasteiger partial charge in [-0.15, -0.1) is 21.5 Å². The van der Waals surface area contributed by atoms with Crippen LogP contribution in [0.5, 0.6) is 5.88 Å². The molecule has 0 bridgehead atoms. The van der Waals surface area contributed by atoms with Gasteiger partial charge in [-0.3, -0.25) is 9.78 Å². The molecule has 0 aromatic carbocycles. The van der Waals surface area contributed by atoms with Crippen molar-refractivity contribution in [2.24, 2.45) is 0 Å². The van der Waals surface area contributed by atoms with Crippen LogP contribution in [0, 0.1) is 0 Å². The fraction of sp³-hybridized carbons (Fsp3) is 0.200. The minimum Gasteiger partial charge on any atom is -0.480 e. The van der Waals surface area contributed by atoms with E-state index in [-0.39, 0.29) is 5.78 Å². The number of rotatable bonds is 4. The fourth-order valence-electron chi connectivity index (χ4n) is 1.16. The molecule has 0 N–H and O–H groups in total. The highest BCUT2D eigenvalue weighted by atomic mass is 32.1. The lowest BCUT2D eigenvalue weighted by molar-refractivity contribution is 0.0988. The average molecular weight is 235 g/mol. The zero-order valence-electron chi connectivity index (χ0n) is 8.58. The Morgan fingerprint density at radius 1 is 1.44 bits per heavy atom. The molecule has 2 aromatic rings. The monoisotopic (exact) mass is 235 g/mol. The van der Waals surface area contributed by atoms with Gasteiger partial charge >= 0.3 is 0 Å². The van der Waals surface area contributed by atoms with E-state index in [0.717, 1.165) is 4.88 Å². The van der Waals surface area contributed by atoms with Crippen LogP contribution in [0.4, 0.5) is 0 Å². The molecule has 2 aromatic heterocycles. The van der Waals surface area contributed by atoms with Crippen molar-refractivity contribution in [1.82, 2.24) is 15.2 Å². The molecule has 0 aliphatic carbocycles. The van der Waals surface area contributed by atoms with Crippen LogP contribution in [0.2, 0.25) is 0 Å². The lowest BCUT2D eigenvalue weighted by atomic mass is 10.2. The van der Waals surface area contributed by atoms with Crippen molar-refractivity contribution in [2.45, 2.75) is 6.42 Å². The van der Waals surface area contributed by atoms with E-state index in [9.17, 15) is 4.79 Å². The zero-order chi connectivity index (χ0) is 11.4. The number of carbonyl (C=O) groups is 1. The van der Waals surface area contributed by atoms with Crippen LogP contribution in [0.3, 0.4) is 0 Å². The van der Waals surface area contributed by atoms with Gasteiger partial charge in [0.1, 0.15) is 5.69 Å². The van der Waals surface area contributed by atoms with Crippen molar-refractivity contribution >= 4 is 17.1 Å². The second-order valence-corrected chi connectivity index (χ2v) is 4.00. The van der Waals surface area contributed by atoms with E-state index in [2.05, 4.69) is 15.2 Å². The molecule has 2 heterocycles. The Labute approximate surface area is 96.1 Å². The molecule has 0 fully saturated rings. The Morgan fingerprint density at radius 2 is 2.31 bits per heavy atom. The summed E-state index contributed by atoms with van der Waals surface area (Å²) in [6.45, 7) is 0. The van der Waals surface area contributed by atoms with Crippen LogP contribution in [-0.2, 0) is 6.42 Å². The third-order valence-corrected chi connectivity index (χ3v) is 2.73. The van der Waals surface area contributed by atoms with Gasteiger partial charge in [-0.1, -0.05) is 0 Å². The first-order valence-electron chi connectivity index (χ1n) is 4.58. The quantitative estimate of drug-likeness (QED) is 0.749. The van der Waals surface area contributed by atoms with Crippen molar-refractivity contribution in [3.8, 4) is 5.88 Å². The van der Waals surface area contributed by atoms with Gasteiger partial charge in [0.15, 0.2) is 5.78 Å². The van der Waals surface area contributed by atoms with Crippen molar-refractivity contribution in [1.29, 1.82) is 0 Å². The molecule has 0 spiro atoms. The summed E-state index contributed by atoms with van der Waals surface area (Å²) in [7, 11) is 1.50. The third-order valence-electron chi connectivity index (χ3n) is 1.95. The maximum atomic E-state index is 11.7. The number of ketones is 1. The van der Waals surface area contributed by atoms with E-state index in [4.69, 9.17) is 4.74 Å². The molecule has 0 radical (unpaired) electrons. The molecule has 2 rings (SSSR count). The molecule has 0 saturated heterocycles. The summed E-state index contributed by atoms with van der Waals surface area (Å²) in [6.07, 6.45) is 1.99. The Balaban J connectivity index is 2.09. The van der Waals surface area contributed by atoms with Gasteiger partial charge in [-0.25, -0.2) is 0 Å². The molecule has 6 heteroatoms. The Bertz CT molecular complexity index is 467. The Kier molecular flexibility index (Phi) is 3.21. The average Bonchev–Trinajstić information content (AvgIpc) is 2.82. The summed E-state index contributed by atoms with van der Waals surface area (Å²) in [5.41, 5.74) is 2.04. The summed E-state index contributed by atoms with van der Waals surface area (Å²) < 4.78 is 4.86. The molecule has 82 valence electrons. The lowest BCUT2D eigenvalue weighted by Gasteiger charge is -1.99. The molecule has 0 aliphatic heterocycles. The van der Waals surface area contributed by atoms with E-state index in [0.29, 0.717) is 18.0 Å². The van der Waals surface area contributed by atoms with E-state index in [1.165, 1.54) is 18.4 Å². The van der Waals surface area contributed by atoms with Gasteiger partial charge in [0, 0.05) is 23.6 Å². The molecule has 0 amide bonds. The normalized spacial score (nSPS) is 10.1. The maximum absolute atomic E-state index is 11.7. The summed E-state index contributed by atoms with van der Waals surface area (Å²) in [5, 5.41) is 7.53. The number of methoxy groups -OCH3 is 1. The van der Waals surface area contributed by atoms with Crippen LogP contribution < -0.4 is 4.74 Å². The minimum atomic E-state index is -0.0700. The summed E-state index contributed by atoms with van der Waals surface area (Å²) in [6, 6.07) is 3.22. The number of hydrogen-bond donors (Lipinski definition) is 0. The van der Waals surface area contributed by atoms with Crippen molar-refractivity contribution in [2.75, 3.05) is 7.11 Å². The molecule has 5 nitrogen and oxygen atoms in total. The minimum absolute atomic E-state index is 0.0700. The smallest absolute Gasteiger partial charge is 0.233 e. The number of ether oxygens (including phenoxy) is 1. The highest BCUT2D eigenvalue weighted by Crippen LogP contribution is 2.10. The summed E-state index contributed by atoms with van der Waals surface area (Å²) >= 11 is 1.45. The van der Waals surface area contributed by atoms with Crippen LogP contribution >= 0.6 is 11.3 Å². The predicted molar refractivity (Wildman–Crippen MR) is 58.7 cm³/mol. The number of aromatic nitrogens is 3. The van der Waals surface area contributed by atoms with Crippen molar-refractivity contribution in [3.63, 3.8) is 0 Å². The first kappa shape index (κ1) is 10.7. The van der Waals surface area contributed by atoms with Crippen LogP contribution in [-0.4, -0.2) is 28.1 Å². The van der Waals surface area contributed by atoms with E-state index < -0.39 is 0 Å². The van der Waals surface area contributed by atoms with E-state index in [1.807, 2.05) is 0 Å². The van der Waals surface area contributed by atoms with Gasteiger partial charge in [0.2, 0.25) is 5.88 Å². The SMILES string of the molecule is COc1ccc(C(=O)Cc2cncs2)nn1. The molecule has 0 atom stereocenters. The van der Waals surface area contributed by atoms with E-state index >= 15 is 0 Å². The van der Waals surface area contributed by atoms with Crippen LogP contribution in [0.1, 0.15) is 15.4 Å². The molecular weight excluding hydrogens is 226 g/mol. The predicted octanol–water partition coefficient (Wildman–Crippen LogP) is 1.37. The molecule has 0 saturated carbocycles. The van der Waals surface area contributed by atoms with Gasteiger partial charge in [-0.05, 0) is 6.07 Å². The summed E-state index contributed by atoms with van der Waals surface area (Å²) in [5.74, 6) is 0.328. The second kappa shape index (κ2) is 4.80. The van der Waals surface area contributed by atoms with Crippen LogP contribution in [0.15, 0.2) is 23.8 Å². The lowest BCUT2D eigenvalue weighted by Crippen LogP contribution is -2.06. The number of hydrogen-bond acceptors (Lipinski definition) is 6. The standard InChI is InChI=1S/C10H9N3O2S/c1-15-10-3-2-8(12-13-10)9(14)4-7-5-11-6-16-7/h2-3,5-6H,4H2,1H3. The third kappa shape index (κ3) is 2.40. The second-order valence-electron chi connectivity index (χ2n) is 3.03. The van der Waals surface area contributed by atoms with Crippen molar-refractivity contribution < 1.29 is 9.53 Å². The van der Waals surface area contributed by atoms with Gasteiger partial charge in [-0.2, -0.15) is 0 Å². The molecule has 0 unspecified atom stereocenters. The van der Waals surface area contributed by atoms with Gasteiger partial charge in [0.25, 0.3) is 0 Å². The molecule has 0 aliphatic rings. The Hall–Kier alpha value is -1.82. The first-order chi connectivity index (χ1) is 7.79. The maximum Gasteiger partial charge on any atom is 0.233 e. The highest BCUT2D eigenvalue weighted by Gasteiger charge is 2.10. The number of thiazole rings is 1. The van der Waals surface area contributed by atoms with Gasteiger partial charge < -0.3 is 4.74 Å². The zero-order valence-corrected chi connectivity index (χ0v) is 9.40. The first-order valence-corrected chi connectivity index (χ1v) is 5.46.